The van der Waals surface area contributed by atoms with E-state index in [-0.39, 0.29) is 0 Å². The van der Waals surface area contributed by atoms with Crippen LogP contribution in [-0.4, -0.2) is 36.1 Å². The predicted molar refractivity (Wildman–Crippen MR) is 118 cm³/mol. The van der Waals surface area contributed by atoms with Crippen molar-refractivity contribution < 1.29 is 4.74 Å². The lowest BCUT2D eigenvalue weighted by Crippen LogP contribution is -2.29. The summed E-state index contributed by atoms with van der Waals surface area (Å²) in [6.45, 7) is 6.50. The number of fused-ring (bicyclic) bond motifs is 1. The number of halogens is 1. The average Bonchev–Trinajstić information content (AvgIpc) is 3.49. The first kappa shape index (κ1) is 19.4. The largest absolute Gasteiger partial charge is 0.491 e. The van der Waals surface area contributed by atoms with Gasteiger partial charge < -0.3 is 4.74 Å². The lowest BCUT2D eigenvalue weighted by atomic mass is 10.0. The van der Waals surface area contributed by atoms with Gasteiger partial charge in [-0.25, -0.2) is 0 Å². The van der Waals surface area contributed by atoms with Crippen molar-refractivity contribution >= 4 is 34.1 Å². The molecule has 27 heavy (non-hydrogen) atoms. The predicted octanol–water partition coefficient (Wildman–Crippen LogP) is 6.25. The van der Waals surface area contributed by atoms with Crippen LogP contribution in [0.1, 0.15) is 38.2 Å². The van der Waals surface area contributed by atoms with Gasteiger partial charge in [-0.2, -0.15) is 11.8 Å². The molecule has 2 atom stereocenters. The van der Waals surface area contributed by atoms with Gasteiger partial charge in [0.15, 0.2) is 0 Å². The van der Waals surface area contributed by atoms with Gasteiger partial charge >= 0.3 is 0 Å². The Labute approximate surface area is 172 Å². The number of benzene rings is 2. The maximum Gasteiger partial charge on any atom is 0.145 e. The molecule has 1 aliphatic heterocycles. The molecule has 1 aliphatic carbocycles. The molecule has 0 spiro atoms. The quantitative estimate of drug-likeness (QED) is 0.565. The number of nitrogens with zero attached hydrogens (tertiary/aromatic N) is 1. The van der Waals surface area contributed by atoms with Crippen molar-refractivity contribution in [2.75, 3.05) is 26.0 Å². The van der Waals surface area contributed by atoms with Crippen LogP contribution < -0.4 is 4.74 Å². The highest BCUT2D eigenvalue weighted by atomic mass is 35.5. The summed E-state index contributed by atoms with van der Waals surface area (Å²) in [5.41, 5.74) is 1.32. The van der Waals surface area contributed by atoms with Gasteiger partial charge in [0.1, 0.15) is 5.75 Å². The van der Waals surface area contributed by atoms with Crippen molar-refractivity contribution in [3.05, 3.63) is 40.9 Å². The first-order valence-corrected chi connectivity index (χ1v) is 11.9. The number of hydrogen-bond donors (Lipinski definition) is 0. The Bertz CT molecular complexity index is 791. The summed E-state index contributed by atoms with van der Waals surface area (Å²) in [7, 11) is 0. The molecule has 1 saturated carbocycles. The van der Waals surface area contributed by atoms with E-state index >= 15 is 0 Å². The maximum absolute atomic E-state index is 6.69. The molecule has 1 heterocycles. The summed E-state index contributed by atoms with van der Waals surface area (Å²) in [6.07, 6.45) is 7.44. The van der Waals surface area contributed by atoms with Crippen LogP contribution >= 0.6 is 23.4 Å². The van der Waals surface area contributed by atoms with Crippen LogP contribution in [0.5, 0.6) is 5.75 Å². The molecule has 4 rings (SSSR count). The van der Waals surface area contributed by atoms with Crippen LogP contribution in [0, 0.1) is 11.8 Å². The van der Waals surface area contributed by atoms with Crippen LogP contribution in [0.4, 0.5) is 0 Å². The van der Waals surface area contributed by atoms with E-state index in [1.807, 2.05) is 11.8 Å². The van der Waals surface area contributed by atoms with Crippen molar-refractivity contribution in [1.82, 2.24) is 4.90 Å². The van der Waals surface area contributed by atoms with E-state index in [9.17, 15) is 0 Å². The van der Waals surface area contributed by atoms with Crippen molar-refractivity contribution in [3.8, 4) is 5.75 Å². The van der Waals surface area contributed by atoms with E-state index in [0.29, 0.717) is 0 Å². The normalized spacial score (nSPS) is 24.1. The van der Waals surface area contributed by atoms with Crippen molar-refractivity contribution in [2.45, 2.75) is 44.4 Å². The zero-order chi connectivity index (χ0) is 18.8. The molecule has 0 radical (unpaired) electrons. The van der Waals surface area contributed by atoms with Crippen molar-refractivity contribution in [3.63, 3.8) is 0 Å². The molecule has 1 saturated heterocycles. The van der Waals surface area contributed by atoms with Gasteiger partial charge in [0.05, 0.1) is 11.6 Å². The molecule has 146 valence electrons. The molecule has 2 aromatic rings. The third-order valence-corrected chi connectivity index (χ3v) is 7.62. The Morgan fingerprint density at radius 2 is 1.96 bits per heavy atom. The van der Waals surface area contributed by atoms with Crippen LogP contribution in [0.2, 0.25) is 5.02 Å². The summed E-state index contributed by atoms with van der Waals surface area (Å²) < 4.78 is 6.14. The van der Waals surface area contributed by atoms with Gasteiger partial charge in [-0.15, -0.1) is 0 Å². The minimum Gasteiger partial charge on any atom is -0.491 e. The first-order valence-electron chi connectivity index (χ1n) is 10.2. The fraction of sp³-hybridized carbons (Fsp3) is 0.565. The molecule has 2 aliphatic rings. The SMILES string of the molecule is CSC1CCCN(Cc2cc(Cl)c(OCC3CC3)c3ccccc23)CC1C. The molecule has 2 unspecified atom stereocenters. The molecule has 4 heteroatoms. The van der Waals surface area contributed by atoms with E-state index in [1.165, 1.54) is 43.2 Å². The minimum atomic E-state index is 0.725. The number of hydrogen-bond acceptors (Lipinski definition) is 3. The second-order valence-electron chi connectivity index (χ2n) is 8.28. The average molecular weight is 404 g/mol. The molecule has 2 fully saturated rings. The third-order valence-electron chi connectivity index (χ3n) is 6.04. The fourth-order valence-electron chi connectivity index (χ4n) is 4.30. The Balaban J connectivity index is 1.59. The van der Waals surface area contributed by atoms with E-state index in [1.54, 1.807) is 0 Å². The summed E-state index contributed by atoms with van der Waals surface area (Å²) >= 11 is 8.72. The monoisotopic (exact) mass is 403 g/mol. The number of ether oxygens (including phenoxy) is 1. The number of rotatable bonds is 6. The second kappa shape index (κ2) is 8.63. The Kier molecular flexibility index (Phi) is 6.21. The van der Waals surface area contributed by atoms with Crippen LogP contribution in [0.3, 0.4) is 0 Å². The molecular weight excluding hydrogens is 374 g/mol. The molecular formula is C23H30ClNOS. The second-order valence-corrected chi connectivity index (χ2v) is 9.76. The van der Waals surface area contributed by atoms with Gasteiger partial charge in [-0.3, -0.25) is 4.90 Å². The number of likely N-dealkylation sites (tertiary alicyclic amines) is 1. The summed E-state index contributed by atoms with van der Waals surface area (Å²) in [5, 5.41) is 3.99. The van der Waals surface area contributed by atoms with E-state index in [0.717, 1.165) is 52.9 Å². The minimum absolute atomic E-state index is 0.725. The Morgan fingerprint density at radius 3 is 2.70 bits per heavy atom. The highest BCUT2D eigenvalue weighted by Crippen LogP contribution is 2.39. The van der Waals surface area contributed by atoms with E-state index < -0.39 is 0 Å². The molecule has 0 N–H and O–H groups in total. The standard InChI is InChI=1S/C23H30ClNOS/c1-16-13-25(11-5-8-22(16)27-2)14-18-12-21(24)23(26-15-17-9-10-17)20-7-4-3-6-19(18)20/h3-4,6-7,12,16-17,22H,5,8-11,13-15H2,1-2H3. The van der Waals surface area contributed by atoms with E-state index in [4.69, 9.17) is 16.3 Å². The zero-order valence-corrected chi connectivity index (χ0v) is 18.0. The van der Waals surface area contributed by atoms with Gasteiger partial charge in [0.2, 0.25) is 0 Å². The number of thioether (sulfide) groups is 1. The Hall–Kier alpha value is -0.900. The van der Waals surface area contributed by atoms with Gasteiger partial charge in [0.25, 0.3) is 0 Å². The van der Waals surface area contributed by atoms with Crippen LogP contribution in [-0.2, 0) is 6.54 Å². The van der Waals surface area contributed by atoms with Crippen LogP contribution in [0.25, 0.3) is 10.8 Å². The highest BCUT2D eigenvalue weighted by Gasteiger charge is 2.25. The maximum atomic E-state index is 6.69. The molecule has 0 amide bonds. The zero-order valence-electron chi connectivity index (χ0n) is 16.4. The third kappa shape index (κ3) is 4.58. The fourth-order valence-corrected chi connectivity index (χ4v) is 5.54. The van der Waals surface area contributed by atoms with Gasteiger partial charge in [-0.05, 0) is 67.3 Å². The molecule has 0 aromatic heterocycles. The smallest absolute Gasteiger partial charge is 0.145 e. The summed E-state index contributed by atoms with van der Waals surface area (Å²) in [4.78, 5) is 2.61. The van der Waals surface area contributed by atoms with E-state index in [2.05, 4.69) is 48.4 Å². The van der Waals surface area contributed by atoms with Crippen molar-refractivity contribution in [1.29, 1.82) is 0 Å². The first-order chi connectivity index (χ1) is 13.2. The molecule has 2 nitrogen and oxygen atoms in total. The lowest BCUT2D eigenvalue weighted by molar-refractivity contribution is 0.250. The lowest BCUT2D eigenvalue weighted by Gasteiger charge is -2.26. The van der Waals surface area contributed by atoms with Gasteiger partial charge in [0, 0.05) is 23.7 Å². The Morgan fingerprint density at radius 1 is 1.19 bits per heavy atom. The molecule has 0 bridgehead atoms. The highest BCUT2D eigenvalue weighted by molar-refractivity contribution is 7.99. The van der Waals surface area contributed by atoms with Gasteiger partial charge in [-0.1, -0.05) is 42.8 Å². The van der Waals surface area contributed by atoms with Crippen LogP contribution in [0.15, 0.2) is 30.3 Å². The molecule has 2 aromatic carbocycles. The summed E-state index contributed by atoms with van der Waals surface area (Å²) in [5.74, 6) is 2.32. The summed E-state index contributed by atoms with van der Waals surface area (Å²) in [6, 6.07) is 10.7. The topological polar surface area (TPSA) is 12.5 Å². The van der Waals surface area contributed by atoms with Crippen molar-refractivity contribution in [2.24, 2.45) is 11.8 Å².